The summed E-state index contributed by atoms with van der Waals surface area (Å²) in [5.74, 6) is 0. The summed E-state index contributed by atoms with van der Waals surface area (Å²) in [6.45, 7) is 4.42. The van der Waals surface area contributed by atoms with Crippen molar-refractivity contribution in [2.75, 3.05) is 7.05 Å². The Hall–Kier alpha value is -0.0400. The highest BCUT2D eigenvalue weighted by molar-refractivity contribution is 4.33. The molecule has 0 aliphatic heterocycles. The fraction of sp³-hybridized carbons (Fsp3) is 1.00. The highest BCUT2D eigenvalue weighted by atomic mass is 14.8. The molecule has 0 fully saturated rings. The normalized spacial score (nSPS) is 14.5. The van der Waals surface area contributed by atoms with E-state index in [1.165, 1.54) is 6.42 Å². The Kier molecular flexibility index (Phi) is 3.14. The van der Waals surface area contributed by atoms with E-state index in [0.29, 0.717) is 0 Å². The van der Waals surface area contributed by atoms with Gasteiger partial charge in [0, 0.05) is 0 Å². The van der Waals surface area contributed by atoms with E-state index in [2.05, 4.69) is 26.2 Å². The molecule has 38 valence electrons. The van der Waals surface area contributed by atoms with E-state index in [-0.39, 0.29) is 0 Å². The Bertz CT molecular complexity index is 23.1. The molecule has 0 saturated heterocycles. The van der Waals surface area contributed by atoms with Crippen LogP contribution >= 0.6 is 0 Å². The maximum atomic E-state index is 2.22. The Morgan fingerprint density at radius 1 is 1.67 bits per heavy atom. The van der Waals surface area contributed by atoms with Crippen molar-refractivity contribution in [2.45, 2.75) is 26.3 Å². The summed E-state index contributed by atoms with van der Waals surface area (Å²) >= 11 is 0. The van der Waals surface area contributed by atoms with E-state index in [1.807, 2.05) is 0 Å². The Morgan fingerprint density at radius 2 is 2.17 bits per heavy atom. The SMILES string of the molecule is CC[C@H](C)[NH2+]C. The molecule has 0 aromatic carbocycles. The number of hydrogen-bond donors (Lipinski definition) is 1. The molecule has 0 bridgehead atoms. The summed E-state index contributed by atoms with van der Waals surface area (Å²) in [6, 6.07) is 0.810. The summed E-state index contributed by atoms with van der Waals surface area (Å²) in [6.07, 6.45) is 1.27. The summed E-state index contributed by atoms with van der Waals surface area (Å²) in [5, 5.41) is 2.22. The lowest BCUT2D eigenvalue weighted by Gasteiger charge is -1.98. The third kappa shape index (κ3) is 2.21. The lowest BCUT2D eigenvalue weighted by atomic mass is 10.3. The molecule has 0 spiro atoms. The molecule has 0 amide bonds. The van der Waals surface area contributed by atoms with E-state index in [9.17, 15) is 0 Å². The average Bonchev–Trinajstić information content (AvgIpc) is 1.65. The fourth-order valence-electron chi connectivity index (χ4n) is 0.236. The van der Waals surface area contributed by atoms with Crippen LogP contribution in [0.2, 0.25) is 0 Å². The first-order chi connectivity index (χ1) is 2.81. The molecular weight excluding hydrogens is 74.1 g/mol. The minimum absolute atomic E-state index is 0.810. The number of rotatable bonds is 2. The topological polar surface area (TPSA) is 16.6 Å². The van der Waals surface area contributed by atoms with Crippen molar-refractivity contribution in [3.63, 3.8) is 0 Å². The molecular formula is C5H14N+. The van der Waals surface area contributed by atoms with E-state index < -0.39 is 0 Å². The molecule has 0 saturated carbocycles. The molecule has 1 nitrogen and oxygen atoms in total. The minimum Gasteiger partial charge on any atom is -0.347 e. The third-order valence-corrected chi connectivity index (χ3v) is 1.21. The molecule has 0 aliphatic carbocycles. The van der Waals surface area contributed by atoms with Gasteiger partial charge in [0.1, 0.15) is 0 Å². The molecule has 0 heterocycles. The lowest BCUT2D eigenvalue weighted by Crippen LogP contribution is -2.85. The van der Waals surface area contributed by atoms with Gasteiger partial charge in [-0.2, -0.15) is 0 Å². The van der Waals surface area contributed by atoms with Gasteiger partial charge in [-0.25, -0.2) is 0 Å². The summed E-state index contributed by atoms with van der Waals surface area (Å²) < 4.78 is 0. The van der Waals surface area contributed by atoms with Gasteiger partial charge >= 0.3 is 0 Å². The monoisotopic (exact) mass is 88.1 g/mol. The molecule has 0 aromatic rings. The van der Waals surface area contributed by atoms with Crippen LogP contribution in [0.3, 0.4) is 0 Å². The van der Waals surface area contributed by atoms with Crippen LogP contribution in [0.1, 0.15) is 20.3 Å². The molecule has 1 heteroatoms. The first-order valence-electron chi connectivity index (χ1n) is 2.60. The third-order valence-electron chi connectivity index (χ3n) is 1.21. The van der Waals surface area contributed by atoms with Gasteiger partial charge in [0.15, 0.2) is 0 Å². The van der Waals surface area contributed by atoms with E-state index in [0.717, 1.165) is 6.04 Å². The van der Waals surface area contributed by atoms with Crippen LogP contribution in [0.15, 0.2) is 0 Å². The average molecular weight is 88.2 g/mol. The lowest BCUT2D eigenvalue weighted by molar-refractivity contribution is -0.660. The van der Waals surface area contributed by atoms with Crippen LogP contribution in [0, 0.1) is 0 Å². The standard InChI is InChI=1S/C5H13N/c1-4-5(2)6-3/h5-6H,4H2,1-3H3/p+1/t5-/m0/s1. The van der Waals surface area contributed by atoms with Crippen molar-refractivity contribution in [1.29, 1.82) is 0 Å². The van der Waals surface area contributed by atoms with Gasteiger partial charge < -0.3 is 5.32 Å². The molecule has 0 radical (unpaired) electrons. The van der Waals surface area contributed by atoms with Crippen molar-refractivity contribution in [3.05, 3.63) is 0 Å². The zero-order valence-electron chi connectivity index (χ0n) is 4.86. The smallest absolute Gasteiger partial charge is 0.0825 e. The second-order valence-electron chi connectivity index (χ2n) is 1.72. The van der Waals surface area contributed by atoms with Gasteiger partial charge in [-0.1, -0.05) is 6.92 Å². The Balaban J connectivity index is 2.75. The van der Waals surface area contributed by atoms with Gasteiger partial charge in [0.05, 0.1) is 13.1 Å². The largest absolute Gasteiger partial charge is 0.347 e. The molecule has 0 rings (SSSR count). The maximum Gasteiger partial charge on any atom is 0.0825 e. The first-order valence-corrected chi connectivity index (χ1v) is 2.60. The second kappa shape index (κ2) is 3.16. The minimum atomic E-state index is 0.810. The van der Waals surface area contributed by atoms with Gasteiger partial charge in [-0.15, -0.1) is 0 Å². The molecule has 1 atom stereocenters. The van der Waals surface area contributed by atoms with Crippen molar-refractivity contribution in [3.8, 4) is 0 Å². The van der Waals surface area contributed by atoms with Crippen LogP contribution in [0.4, 0.5) is 0 Å². The van der Waals surface area contributed by atoms with Crippen LogP contribution < -0.4 is 5.32 Å². The van der Waals surface area contributed by atoms with E-state index in [1.54, 1.807) is 0 Å². The predicted octanol–water partition coefficient (Wildman–Crippen LogP) is -0.0219. The van der Waals surface area contributed by atoms with Crippen molar-refractivity contribution in [2.24, 2.45) is 0 Å². The quantitative estimate of drug-likeness (QED) is 0.488. The number of nitrogens with two attached hydrogens (primary N) is 1. The molecule has 0 aliphatic rings. The number of quaternary nitrogens is 1. The molecule has 0 unspecified atom stereocenters. The summed E-state index contributed by atoms with van der Waals surface area (Å²) in [5.41, 5.74) is 0. The zero-order valence-corrected chi connectivity index (χ0v) is 4.86. The summed E-state index contributed by atoms with van der Waals surface area (Å²) in [4.78, 5) is 0. The van der Waals surface area contributed by atoms with Gasteiger partial charge in [0.25, 0.3) is 0 Å². The molecule has 0 aromatic heterocycles. The van der Waals surface area contributed by atoms with Crippen molar-refractivity contribution in [1.82, 2.24) is 0 Å². The van der Waals surface area contributed by atoms with Crippen LogP contribution in [0.25, 0.3) is 0 Å². The van der Waals surface area contributed by atoms with Crippen LogP contribution in [-0.4, -0.2) is 13.1 Å². The molecule has 6 heavy (non-hydrogen) atoms. The van der Waals surface area contributed by atoms with Crippen molar-refractivity contribution >= 4 is 0 Å². The van der Waals surface area contributed by atoms with Gasteiger partial charge in [0.2, 0.25) is 0 Å². The van der Waals surface area contributed by atoms with Gasteiger partial charge in [-0.05, 0) is 13.3 Å². The van der Waals surface area contributed by atoms with Crippen LogP contribution in [0.5, 0.6) is 0 Å². The summed E-state index contributed by atoms with van der Waals surface area (Å²) in [7, 11) is 2.11. The second-order valence-corrected chi connectivity index (χ2v) is 1.72. The van der Waals surface area contributed by atoms with Gasteiger partial charge in [-0.3, -0.25) is 0 Å². The Labute approximate surface area is 39.7 Å². The first kappa shape index (κ1) is 5.96. The van der Waals surface area contributed by atoms with E-state index >= 15 is 0 Å². The predicted molar refractivity (Wildman–Crippen MR) is 27.6 cm³/mol. The maximum absolute atomic E-state index is 2.22. The highest BCUT2D eigenvalue weighted by Gasteiger charge is 1.91. The zero-order chi connectivity index (χ0) is 4.99. The Morgan fingerprint density at radius 3 is 2.17 bits per heavy atom. The highest BCUT2D eigenvalue weighted by Crippen LogP contribution is 1.75. The molecule has 2 N–H and O–H groups in total. The number of hydrogen-bond acceptors (Lipinski definition) is 0. The fourth-order valence-corrected chi connectivity index (χ4v) is 0.236. The van der Waals surface area contributed by atoms with E-state index in [4.69, 9.17) is 0 Å². The van der Waals surface area contributed by atoms with Crippen LogP contribution in [-0.2, 0) is 0 Å². The van der Waals surface area contributed by atoms with Crippen molar-refractivity contribution < 1.29 is 5.32 Å².